The molecule has 1 fully saturated rings. The largest absolute Gasteiger partial charge is 0.411 e. The monoisotopic (exact) mass is 542 g/mol. The van der Waals surface area contributed by atoms with Crippen molar-refractivity contribution in [3.8, 4) is 0 Å². The first-order valence-electron chi connectivity index (χ1n) is 12.5. The molecule has 2 atom stereocenters. The minimum atomic E-state index is -4.70. The highest BCUT2D eigenvalue weighted by Gasteiger charge is 2.46. The number of unbranched alkanes of at least 4 members (excludes halogenated alkanes) is 2. The molecule has 0 heterocycles. The summed E-state index contributed by atoms with van der Waals surface area (Å²) in [7, 11) is 0. The van der Waals surface area contributed by atoms with Gasteiger partial charge in [0.05, 0.1) is 0 Å². The topological polar surface area (TPSA) is 29.5 Å². The number of aliphatic hydroxyl groups is 1. The van der Waals surface area contributed by atoms with Gasteiger partial charge in [-0.2, -0.15) is 26.3 Å². The molecule has 1 aromatic carbocycles. The van der Waals surface area contributed by atoms with E-state index in [9.17, 15) is 35.8 Å². The first kappa shape index (κ1) is 31.3. The SMILES string of the molecule is CCCCCC1(c2ccccc2[C@]2(F)C=CC=C(F)[C@@H]2O)CCCCC1.FC(F)(F)COCC(F)(F)F. The van der Waals surface area contributed by atoms with Gasteiger partial charge in [-0.15, -0.1) is 0 Å². The second-order valence-corrected chi connectivity index (χ2v) is 9.65. The van der Waals surface area contributed by atoms with Gasteiger partial charge in [-0.1, -0.05) is 75.8 Å². The molecule has 1 aromatic rings. The summed E-state index contributed by atoms with van der Waals surface area (Å²) in [6.07, 6.45) is 2.73. The number of benzene rings is 1. The Morgan fingerprint density at radius 3 is 2.03 bits per heavy atom. The number of rotatable bonds is 8. The minimum Gasteiger partial charge on any atom is -0.382 e. The maximum absolute atomic E-state index is 15.9. The van der Waals surface area contributed by atoms with Crippen LogP contribution in [0.25, 0.3) is 0 Å². The van der Waals surface area contributed by atoms with Crippen LogP contribution < -0.4 is 0 Å². The summed E-state index contributed by atoms with van der Waals surface area (Å²) in [5.41, 5.74) is -0.860. The summed E-state index contributed by atoms with van der Waals surface area (Å²) in [6, 6.07) is 7.48. The van der Waals surface area contributed by atoms with Crippen molar-refractivity contribution in [3.63, 3.8) is 0 Å². The van der Waals surface area contributed by atoms with Crippen LogP contribution in [0.3, 0.4) is 0 Å². The fourth-order valence-electron chi connectivity index (χ4n) is 5.06. The molecule has 0 bridgehead atoms. The minimum absolute atomic E-state index is 0.0612. The summed E-state index contributed by atoms with van der Waals surface area (Å²) in [6.45, 7) is -1.55. The van der Waals surface area contributed by atoms with Crippen LogP contribution in [0.2, 0.25) is 0 Å². The van der Waals surface area contributed by atoms with Crippen LogP contribution >= 0.6 is 0 Å². The molecule has 0 amide bonds. The van der Waals surface area contributed by atoms with Crippen LogP contribution in [-0.4, -0.2) is 36.8 Å². The van der Waals surface area contributed by atoms with Gasteiger partial charge in [0.25, 0.3) is 0 Å². The fraction of sp³-hybridized carbons (Fsp3) is 0.630. The van der Waals surface area contributed by atoms with E-state index in [1.165, 1.54) is 25.0 Å². The molecular formula is C27H34F8O2. The van der Waals surface area contributed by atoms with Crippen LogP contribution in [0.4, 0.5) is 35.1 Å². The quantitative estimate of drug-likeness (QED) is 0.264. The second kappa shape index (κ2) is 13.2. The van der Waals surface area contributed by atoms with E-state index in [0.717, 1.165) is 56.6 Å². The van der Waals surface area contributed by atoms with Gasteiger partial charge in [-0.3, -0.25) is 0 Å². The molecular weight excluding hydrogens is 508 g/mol. The number of alkyl halides is 7. The molecule has 0 saturated heterocycles. The van der Waals surface area contributed by atoms with E-state index in [1.807, 2.05) is 12.1 Å². The molecule has 0 aromatic heterocycles. The molecule has 0 unspecified atom stereocenters. The molecule has 0 spiro atoms. The van der Waals surface area contributed by atoms with Gasteiger partial charge in [-0.25, -0.2) is 8.78 Å². The van der Waals surface area contributed by atoms with Crippen molar-refractivity contribution in [2.75, 3.05) is 13.2 Å². The van der Waals surface area contributed by atoms with Gasteiger partial charge in [0.2, 0.25) is 0 Å². The Morgan fingerprint density at radius 1 is 0.919 bits per heavy atom. The van der Waals surface area contributed by atoms with Crippen LogP contribution in [0.5, 0.6) is 0 Å². The molecule has 37 heavy (non-hydrogen) atoms. The van der Waals surface area contributed by atoms with Crippen molar-refractivity contribution < 1.29 is 45.0 Å². The van der Waals surface area contributed by atoms with Crippen LogP contribution in [0, 0.1) is 0 Å². The first-order valence-corrected chi connectivity index (χ1v) is 12.5. The van der Waals surface area contributed by atoms with Gasteiger partial charge < -0.3 is 9.84 Å². The summed E-state index contributed by atoms with van der Waals surface area (Å²) in [4.78, 5) is 0. The summed E-state index contributed by atoms with van der Waals surface area (Å²) in [5, 5.41) is 10.3. The van der Waals surface area contributed by atoms with Gasteiger partial charge in [0, 0.05) is 0 Å². The zero-order valence-corrected chi connectivity index (χ0v) is 20.8. The number of hydrogen-bond acceptors (Lipinski definition) is 2. The van der Waals surface area contributed by atoms with Gasteiger partial charge >= 0.3 is 12.4 Å². The van der Waals surface area contributed by atoms with Crippen LogP contribution in [-0.2, 0) is 15.8 Å². The number of halogens is 8. The van der Waals surface area contributed by atoms with E-state index in [1.54, 1.807) is 12.1 Å². The smallest absolute Gasteiger partial charge is 0.382 e. The third kappa shape index (κ3) is 9.09. The molecule has 0 aliphatic heterocycles. The lowest BCUT2D eigenvalue weighted by Gasteiger charge is -2.42. The second-order valence-electron chi connectivity index (χ2n) is 9.65. The Balaban J connectivity index is 0.000000371. The normalized spacial score (nSPS) is 23.7. The summed E-state index contributed by atoms with van der Waals surface area (Å²) >= 11 is 0. The Bertz CT molecular complexity index is 886. The molecule has 2 nitrogen and oxygen atoms in total. The molecule has 210 valence electrons. The highest BCUT2D eigenvalue weighted by molar-refractivity contribution is 5.45. The molecule has 3 rings (SSSR count). The molecule has 2 aliphatic rings. The zero-order valence-electron chi connectivity index (χ0n) is 20.8. The zero-order chi connectivity index (χ0) is 27.7. The number of hydrogen-bond donors (Lipinski definition) is 1. The Hall–Kier alpha value is -1.94. The van der Waals surface area contributed by atoms with Crippen molar-refractivity contribution in [3.05, 3.63) is 59.4 Å². The van der Waals surface area contributed by atoms with Crippen molar-refractivity contribution >= 4 is 0 Å². The van der Waals surface area contributed by atoms with E-state index in [0.29, 0.717) is 5.56 Å². The van der Waals surface area contributed by atoms with Gasteiger partial charge in [-0.05, 0) is 48.0 Å². The highest BCUT2D eigenvalue weighted by atomic mass is 19.4. The van der Waals surface area contributed by atoms with E-state index in [2.05, 4.69) is 11.7 Å². The lowest BCUT2D eigenvalue weighted by Crippen LogP contribution is -2.39. The van der Waals surface area contributed by atoms with E-state index < -0.39 is 43.2 Å². The third-order valence-corrected chi connectivity index (χ3v) is 6.77. The van der Waals surface area contributed by atoms with Crippen molar-refractivity contribution in [1.29, 1.82) is 0 Å². The lowest BCUT2D eigenvalue weighted by atomic mass is 9.63. The van der Waals surface area contributed by atoms with E-state index in [4.69, 9.17) is 0 Å². The predicted octanol–water partition coefficient (Wildman–Crippen LogP) is 8.55. The lowest BCUT2D eigenvalue weighted by molar-refractivity contribution is -0.219. The van der Waals surface area contributed by atoms with E-state index in [-0.39, 0.29) is 5.41 Å². The maximum atomic E-state index is 15.9. The van der Waals surface area contributed by atoms with Crippen molar-refractivity contribution in [2.24, 2.45) is 0 Å². The molecule has 10 heteroatoms. The summed E-state index contributed by atoms with van der Waals surface area (Å²) in [5.74, 6) is -0.812. The molecule has 0 radical (unpaired) electrons. The maximum Gasteiger partial charge on any atom is 0.411 e. The average Bonchev–Trinajstić information content (AvgIpc) is 2.82. The van der Waals surface area contributed by atoms with Crippen molar-refractivity contribution in [1.82, 2.24) is 0 Å². The molecule has 1 N–H and O–H groups in total. The van der Waals surface area contributed by atoms with E-state index >= 15 is 4.39 Å². The number of allylic oxidation sites excluding steroid dienone is 2. The van der Waals surface area contributed by atoms with Crippen molar-refractivity contribution in [2.45, 2.75) is 94.3 Å². The van der Waals surface area contributed by atoms with Crippen LogP contribution in [0.1, 0.15) is 75.8 Å². The first-order chi connectivity index (χ1) is 17.2. The number of aliphatic hydroxyl groups excluding tert-OH is 1. The highest BCUT2D eigenvalue weighted by Crippen LogP contribution is 2.49. The predicted molar refractivity (Wildman–Crippen MR) is 125 cm³/mol. The third-order valence-electron chi connectivity index (χ3n) is 6.77. The van der Waals surface area contributed by atoms with Gasteiger partial charge in [0.15, 0.2) is 5.67 Å². The fourth-order valence-corrected chi connectivity index (χ4v) is 5.06. The molecule has 2 aliphatic carbocycles. The average molecular weight is 543 g/mol. The Morgan fingerprint density at radius 2 is 1.49 bits per heavy atom. The number of ether oxygens (including phenoxy) is 1. The van der Waals surface area contributed by atoms with Crippen LogP contribution in [0.15, 0.2) is 48.3 Å². The van der Waals surface area contributed by atoms with Gasteiger partial charge in [0.1, 0.15) is 25.1 Å². The summed E-state index contributed by atoms with van der Waals surface area (Å²) < 4.78 is 100. The Kier molecular flexibility index (Phi) is 11.2. The standard InChI is InChI=1S/C23H30F2O.C4H4F6O/c1-2-3-7-14-22(15-8-4-9-16-22)18-11-5-6-12-19(18)23(25)17-10-13-20(24)21(23)26;5-3(6,7)1-11-2-4(8,9)10/h5-6,10-13,17,21,26H,2-4,7-9,14-16H2,1H3;1-2H2/t21-,23+;/m0./s1. The Labute approximate surface area is 212 Å². The molecule has 1 saturated carbocycles.